The summed E-state index contributed by atoms with van der Waals surface area (Å²) in [6.45, 7) is 0. The lowest BCUT2D eigenvalue weighted by Crippen LogP contribution is -2.57. The topological polar surface area (TPSA) is 101 Å². The first kappa shape index (κ1) is 15.9. The van der Waals surface area contributed by atoms with Crippen LogP contribution in [0.4, 0.5) is 0 Å². The second-order valence-corrected chi connectivity index (χ2v) is 5.10. The van der Waals surface area contributed by atoms with Gasteiger partial charge in [0.15, 0.2) is 5.78 Å². The smallest absolute Gasteiger partial charge is 0.351 e. The molecule has 2 aromatic carbocycles. The van der Waals surface area contributed by atoms with E-state index in [0.29, 0.717) is 5.56 Å². The fourth-order valence-electron chi connectivity index (χ4n) is 2.25. The van der Waals surface area contributed by atoms with Crippen molar-refractivity contribution in [2.75, 3.05) is 0 Å². The van der Waals surface area contributed by atoms with Crippen molar-refractivity contribution in [2.24, 2.45) is 11.7 Å². The lowest BCUT2D eigenvalue weighted by atomic mass is 9.83. The molecule has 0 aromatic heterocycles. The van der Waals surface area contributed by atoms with E-state index in [1.165, 1.54) is 0 Å². The molecule has 4 N–H and O–H groups in total. The number of Topliss-reactive ketones (excluding diaryl/α,β-unsaturated/α-hetero) is 1. The Kier molecular flexibility index (Phi) is 4.70. The molecule has 0 saturated carbocycles. The van der Waals surface area contributed by atoms with Gasteiger partial charge in [0.25, 0.3) is 0 Å². The lowest BCUT2D eigenvalue weighted by molar-refractivity contribution is -0.162. The maximum Gasteiger partial charge on any atom is 0.351 e. The summed E-state index contributed by atoms with van der Waals surface area (Å²) < 4.78 is 0. The summed E-state index contributed by atoms with van der Waals surface area (Å²) in [4.78, 5) is 23.9. The minimum Gasteiger partial charge on any atom is -0.478 e. The van der Waals surface area contributed by atoms with Gasteiger partial charge in [-0.05, 0) is 12.0 Å². The Bertz CT molecular complexity index is 653. The zero-order chi connectivity index (χ0) is 16.2. The highest BCUT2D eigenvalue weighted by atomic mass is 16.4. The van der Waals surface area contributed by atoms with E-state index in [9.17, 15) is 14.7 Å². The van der Waals surface area contributed by atoms with Crippen LogP contribution in [0, 0.1) is 5.92 Å². The zero-order valence-electron chi connectivity index (χ0n) is 11.8. The molecule has 2 unspecified atom stereocenters. The van der Waals surface area contributed by atoms with Crippen LogP contribution in [0.2, 0.25) is 0 Å². The third-order valence-electron chi connectivity index (χ3n) is 3.53. The number of benzene rings is 2. The standard InChI is InChI=1S/C17H17NO4/c18-17(22,16(20)21)14(11-12-7-3-1-4-8-12)15(19)13-9-5-2-6-10-13/h1-10,14,22H,11,18H2,(H,20,21). The minimum atomic E-state index is -2.64. The predicted molar refractivity (Wildman–Crippen MR) is 81.2 cm³/mol. The Morgan fingerprint density at radius 2 is 1.50 bits per heavy atom. The van der Waals surface area contributed by atoms with Crippen LogP contribution in [-0.4, -0.2) is 27.7 Å². The van der Waals surface area contributed by atoms with Crippen LogP contribution in [0.25, 0.3) is 0 Å². The van der Waals surface area contributed by atoms with Gasteiger partial charge in [-0.25, -0.2) is 4.79 Å². The average molecular weight is 299 g/mol. The number of carboxylic acid groups (broad SMARTS) is 1. The molecule has 0 aliphatic heterocycles. The largest absolute Gasteiger partial charge is 0.478 e. The highest BCUT2D eigenvalue weighted by Gasteiger charge is 2.44. The van der Waals surface area contributed by atoms with Crippen molar-refractivity contribution in [3.63, 3.8) is 0 Å². The van der Waals surface area contributed by atoms with E-state index < -0.39 is 23.4 Å². The first-order chi connectivity index (χ1) is 10.4. The molecule has 114 valence electrons. The molecule has 0 fully saturated rings. The molecule has 0 aliphatic carbocycles. The van der Waals surface area contributed by atoms with Gasteiger partial charge in [0, 0.05) is 5.56 Å². The van der Waals surface area contributed by atoms with Crippen molar-refractivity contribution in [1.82, 2.24) is 0 Å². The summed E-state index contributed by atoms with van der Waals surface area (Å²) in [5, 5.41) is 19.3. The van der Waals surface area contributed by atoms with Crippen molar-refractivity contribution < 1.29 is 19.8 Å². The molecule has 2 atom stereocenters. The lowest BCUT2D eigenvalue weighted by Gasteiger charge is -2.27. The molecular weight excluding hydrogens is 282 g/mol. The van der Waals surface area contributed by atoms with E-state index in [2.05, 4.69) is 0 Å². The summed E-state index contributed by atoms with van der Waals surface area (Å²) in [5.41, 5.74) is 3.93. The van der Waals surface area contributed by atoms with Crippen molar-refractivity contribution in [3.05, 3.63) is 71.8 Å². The number of rotatable bonds is 6. The third kappa shape index (κ3) is 3.39. The normalized spacial score (nSPS) is 14.8. The number of ketones is 1. The van der Waals surface area contributed by atoms with Crippen molar-refractivity contribution in [3.8, 4) is 0 Å². The average Bonchev–Trinajstić information content (AvgIpc) is 2.53. The van der Waals surface area contributed by atoms with Crippen LogP contribution in [-0.2, 0) is 11.2 Å². The predicted octanol–water partition coefficient (Wildman–Crippen LogP) is 1.46. The van der Waals surface area contributed by atoms with Gasteiger partial charge < -0.3 is 10.2 Å². The number of carboxylic acids is 1. The maximum atomic E-state index is 12.6. The van der Waals surface area contributed by atoms with Crippen LogP contribution in [0.5, 0.6) is 0 Å². The Hall–Kier alpha value is -2.50. The first-order valence-electron chi connectivity index (χ1n) is 6.80. The monoisotopic (exact) mass is 299 g/mol. The number of hydrogen-bond acceptors (Lipinski definition) is 4. The first-order valence-corrected chi connectivity index (χ1v) is 6.80. The number of carbonyl (C=O) groups is 2. The SMILES string of the molecule is NC(O)(C(=O)O)C(Cc1ccccc1)C(=O)c1ccccc1. The zero-order valence-corrected chi connectivity index (χ0v) is 11.8. The molecule has 0 radical (unpaired) electrons. The van der Waals surface area contributed by atoms with E-state index >= 15 is 0 Å². The van der Waals surface area contributed by atoms with Crippen molar-refractivity contribution >= 4 is 11.8 Å². The highest BCUT2D eigenvalue weighted by molar-refractivity contribution is 6.01. The molecule has 2 aromatic rings. The van der Waals surface area contributed by atoms with E-state index in [-0.39, 0.29) is 6.42 Å². The van der Waals surface area contributed by atoms with Gasteiger partial charge in [0.05, 0.1) is 5.92 Å². The Morgan fingerprint density at radius 3 is 2.00 bits per heavy atom. The van der Waals surface area contributed by atoms with Crippen LogP contribution in [0.15, 0.2) is 60.7 Å². The Balaban J connectivity index is 2.38. The van der Waals surface area contributed by atoms with E-state index in [1.807, 2.05) is 6.07 Å². The molecule has 0 bridgehead atoms. The van der Waals surface area contributed by atoms with Crippen molar-refractivity contribution in [2.45, 2.75) is 12.1 Å². The molecule has 2 rings (SSSR count). The van der Waals surface area contributed by atoms with Crippen molar-refractivity contribution in [1.29, 1.82) is 0 Å². The summed E-state index contributed by atoms with van der Waals surface area (Å²) >= 11 is 0. The van der Waals surface area contributed by atoms with Crippen LogP contribution >= 0.6 is 0 Å². The van der Waals surface area contributed by atoms with Crippen LogP contribution < -0.4 is 5.73 Å². The minimum absolute atomic E-state index is 0.0356. The molecule has 0 heterocycles. The molecule has 5 nitrogen and oxygen atoms in total. The number of nitrogens with two attached hydrogens (primary N) is 1. The third-order valence-corrected chi connectivity index (χ3v) is 3.53. The molecular formula is C17H17NO4. The summed E-state index contributed by atoms with van der Waals surface area (Å²) in [6, 6.07) is 17.1. The maximum absolute atomic E-state index is 12.6. The molecule has 0 spiro atoms. The van der Waals surface area contributed by atoms with Gasteiger partial charge in [-0.1, -0.05) is 60.7 Å². The van der Waals surface area contributed by atoms with E-state index in [0.717, 1.165) is 5.56 Å². The molecule has 0 amide bonds. The van der Waals surface area contributed by atoms with E-state index in [1.54, 1.807) is 54.6 Å². The van der Waals surface area contributed by atoms with Gasteiger partial charge in [-0.2, -0.15) is 0 Å². The molecule has 22 heavy (non-hydrogen) atoms. The number of hydrogen-bond donors (Lipinski definition) is 3. The van der Waals surface area contributed by atoms with Gasteiger partial charge in [-0.3, -0.25) is 10.5 Å². The highest BCUT2D eigenvalue weighted by Crippen LogP contribution is 2.23. The number of aliphatic hydroxyl groups is 1. The van der Waals surface area contributed by atoms with Gasteiger partial charge in [-0.15, -0.1) is 0 Å². The van der Waals surface area contributed by atoms with E-state index in [4.69, 9.17) is 10.8 Å². The summed E-state index contributed by atoms with van der Waals surface area (Å²) in [5.74, 6) is -3.41. The van der Waals surface area contributed by atoms with Gasteiger partial charge in [0.2, 0.25) is 5.72 Å². The van der Waals surface area contributed by atoms with Gasteiger partial charge >= 0.3 is 5.97 Å². The Morgan fingerprint density at radius 1 is 1.00 bits per heavy atom. The summed E-state index contributed by atoms with van der Waals surface area (Å²) in [7, 11) is 0. The molecule has 5 heteroatoms. The molecule has 0 saturated heterocycles. The fraction of sp³-hybridized carbons (Fsp3) is 0.176. The summed E-state index contributed by atoms with van der Waals surface area (Å²) in [6.07, 6.45) is 0.0356. The second kappa shape index (κ2) is 6.51. The van der Waals surface area contributed by atoms with Crippen LogP contribution in [0.1, 0.15) is 15.9 Å². The number of aliphatic carboxylic acids is 1. The number of carbonyl (C=O) groups excluding carboxylic acids is 1. The molecule has 0 aliphatic rings. The Labute approximate surface area is 128 Å². The quantitative estimate of drug-likeness (QED) is 0.554. The van der Waals surface area contributed by atoms with Gasteiger partial charge in [0.1, 0.15) is 0 Å². The fourth-order valence-corrected chi connectivity index (χ4v) is 2.25. The van der Waals surface area contributed by atoms with Crippen LogP contribution in [0.3, 0.4) is 0 Å². The second-order valence-electron chi connectivity index (χ2n) is 5.10.